The summed E-state index contributed by atoms with van der Waals surface area (Å²) in [7, 11) is 1.99. The van der Waals surface area contributed by atoms with Crippen LogP contribution in [0.25, 0.3) is 0 Å². The van der Waals surface area contributed by atoms with Crippen molar-refractivity contribution in [2.24, 2.45) is 12.0 Å². The number of guanidine groups is 1. The first kappa shape index (κ1) is 23.4. The van der Waals surface area contributed by atoms with E-state index in [1.54, 1.807) is 0 Å². The zero-order valence-electron chi connectivity index (χ0n) is 19.9. The van der Waals surface area contributed by atoms with E-state index in [9.17, 15) is 0 Å². The van der Waals surface area contributed by atoms with Crippen molar-refractivity contribution < 1.29 is 9.47 Å². The highest BCUT2D eigenvalue weighted by Gasteiger charge is 2.38. The number of hydrogen-bond acceptors (Lipinski definition) is 6. The minimum Gasteiger partial charge on any atom is -0.379 e. The van der Waals surface area contributed by atoms with Crippen molar-refractivity contribution in [1.29, 1.82) is 0 Å². The van der Waals surface area contributed by atoms with Gasteiger partial charge in [0.15, 0.2) is 11.8 Å². The molecule has 9 nitrogen and oxygen atoms in total. The summed E-state index contributed by atoms with van der Waals surface area (Å²) in [4.78, 5) is 7.35. The number of nitrogens with one attached hydrogen (secondary N) is 2. The van der Waals surface area contributed by atoms with Crippen LogP contribution in [0.4, 0.5) is 0 Å². The Morgan fingerprint density at radius 1 is 1.16 bits per heavy atom. The molecule has 0 amide bonds. The quantitative estimate of drug-likeness (QED) is 0.374. The summed E-state index contributed by atoms with van der Waals surface area (Å²) in [6.07, 6.45) is 9.51. The predicted octanol–water partition coefficient (Wildman–Crippen LogP) is 1.76. The van der Waals surface area contributed by atoms with E-state index in [-0.39, 0.29) is 5.60 Å². The van der Waals surface area contributed by atoms with Crippen LogP contribution in [0, 0.1) is 6.92 Å². The molecule has 1 aromatic heterocycles. The second-order valence-electron chi connectivity index (χ2n) is 9.55. The Kier molecular flexibility index (Phi) is 8.37. The number of hydrogen-bond donors (Lipinski definition) is 2. The Labute approximate surface area is 192 Å². The monoisotopic (exact) mass is 447 g/mol. The molecule has 3 aliphatic rings. The predicted molar refractivity (Wildman–Crippen MR) is 125 cm³/mol. The fourth-order valence-corrected chi connectivity index (χ4v) is 5.11. The van der Waals surface area contributed by atoms with Crippen LogP contribution in [0.1, 0.15) is 63.0 Å². The lowest BCUT2D eigenvalue weighted by molar-refractivity contribution is -0.107. The van der Waals surface area contributed by atoms with E-state index in [0.29, 0.717) is 12.6 Å². The molecule has 0 bridgehead atoms. The standard InChI is InChI=1S/C23H41N7O2/c1-19-27-28-21(29(19)2)18-25-22(24-10-6-11-30-12-15-31-16-13-30)26-20-7-14-32-23(17-20)8-4-3-5-9-23/h20H,3-18H2,1-2H3,(H2,24,25,26). The molecule has 32 heavy (non-hydrogen) atoms. The smallest absolute Gasteiger partial charge is 0.191 e. The fraction of sp³-hybridized carbons (Fsp3) is 0.870. The van der Waals surface area contributed by atoms with Crippen LogP contribution < -0.4 is 10.6 Å². The SMILES string of the molecule is Cc1nnc(CN=C(NCCCN2CCOCC2)NC2CCOC3(CCCCC3)C2)n1C. The second kappa shape index (κ2) is 11.4. The van der Waals surface area contributed by atoms with E-state index in [0.717, 1.165) is 82.9 Å². The molecule has 1 spiro atoms. The van der Waals surface area contributed by atoms with Crippen molar-refractivity contribution in [1.82, 2.24) is 30.3 Å². The molecule has 3 fully saturated rings. The van der Waals surface area contributed by atoms with Gasteiger partial charge in [0.1, 0.15) is 12.4 Å². The highest BCUT2D eigenvalue weighted by molar-refractivity contribution is 5.80. The van der Waals surface area contributed by atoms with Crippen molar-refractivity contribution in [3.63, 3.8) is 0 Å². The molecule has 0 aromatic carbocycles. The second-order valence-corrected chi connectivity index (χ2v) is 9.55. The van der Waals surface area contributed by atoms with Gasteiger partial charge in [-0.1, -0.05) is 19.3 Å². The maximum atomic E-state index is 6.29. The zero-order chi connectivity index (χ0) is 22.2. The van der Waals surface area contributed by atoms with Gasteiger partial charge in [-0.3, -0.25) is 4.90 Å². The van der Waals surface area contributed by atoms with Gasteiger partial charge in [0.25, 0.3) is 0 Å². The number of nitrogens with zero attached hydrogens (tertiary/aromatic N) is 5. The molecule has 1 aliphatic carbocycles. The average molecular weight is 448 g/mol. The summed E-state index contributed by atoms with van der Waals surface area (Å²) in [6, 6.07) is 0.397. The van der Waals surface area contributed by atoms with Crippen molar-refractivity contribution in [3.05, 3.63) is 11.6 Å². The van der Waals surface area contributed by atoms with Crippen molar-refractivity contribution in [2.45, 2.75) is 76.5 Å². The molecule has 1 aromatic rings. The van der Waals surface area contributed by atoms with Crippen molar-refractivity contribution >= 4 is 5.96 Å². The number of morpholine rings is 1. The first-order valence-corrected chi connectivity index (χ1v) is 12.5. The molecule has 4 rings (SSSR count). The molecule has 9 heteroatoms. The van der Waals surface area contributed by atoms with Crippen LogP contribution >= 0.6 is 0 Å². The van der Waals surface area contributed by atoms with Gasteiger partial charge in [0, 0.05) is 39.3 Å². The lowest BCUT2D eigenvalue weighted by Gasteiger charge is -2.44. The van der Waals surface area contributed by atoms with Crippen molar-refractivity contribution in [2.75, 3.05) is 46.0 Å². The third-order valence-electron chi connectivity index (χ3n) is 7.21. The summed E-state index contributed by atoms with van der Waals surface area (Å²) in [5.74, 6) is 2.67. The van der Waals surface area contributed by atoms with Gasteiger partial charge in [-0.2, -0.15) is 0 Å². The minimum atomic E-state index is 0.0797. The molecular formula is C23H41N7O2. The Bertz CT molecular complexity index is 733. The van der Waals surface area contributed by atoms with E-state index in [1.807, 2.05) is 18.5 Å². The Balaban J connectivity index is 1.33. The maximum Gasteiger partial charge on any atom is 0.191 e. The van der Waals surface area contributed by atoms with Gasteiger partial charge < -0.3 is 24.7 Å². The summed E-state index contributed by atoms with van der Waals surface area (Å²) < 4.78 is 13.8. The highest BCUT2D eigenvalue weighted by Crippen LogP contribution is 2.38. The van der Waals surface area contributed by atoms with E-state index in [2.05, 4.69) is 25.7 Å². The third-order valence-corrected chi connectivity index (χ3v) is 7.21. The van der Waals surface area contributed by atoms with Crippen LogP contribution in [-0.2, 0) is 23.1 Å². The maximum absolute atomic E-state index is 6.29. The molecule has 2 N–H and O–H groups in total. The molecule has 180 valence electrons. The van der Waals surface area contributed by atoms with Crippen molar-refractivity contribution in [3.8, 4) is 0 Å². The normalized spacial score (nSPS) is 24.6. The summed E-state index contributed by atoms with van der Waals surface area (Å²) >= 11 is 0. The third kappa shape index (κ3) is 6.42. The van der Waals surface area contributed by atoms with Gasteiger partial charge in [-0.25, -0.2) is 4.99 Å². The average Bonchev–Trinajstić information content (AvgIpc) is 3.13. The topological polar surface area (TPSA) is 88.8 Å². The summed E-state index contributed by atoms with van der Waals surface area (Å²) in [5, 5.41) is 15.7. The summed E-state index contributed by atoms with van der Waals surface area (Å²) in [5.41, 5.74) is 0.0797. The highest BCUT2D eigenvalue weighted by atomic mass is 16.5. The lowest BCUT2D eigenvalue weighted by atomic mass is 9.78. The number of aryl methyl sites for hydroxylation is 1. The van der Waals surface area contributed by atoms with Crippen LogP contribution in [-0.4, -0.2) is 83.3 Å². The van der Waals surface area contributed by atoms with Crippen LogP contribution in [0.2, 0.25) is 0 Å². The van der Waals surface area contributed by atoms with E-state index >= 15 is 0 Å². The largest absolute Gasteiger partial charge is 0.379 e. The van der Waals surface area contributed by atoms with Crippen LogP contribution in [0.3, 0.4) is 0 Å². The van der Waals surface area contributed by atoms with Gasteiger partial charge in [-0.15, -0.1) is 10.2 Å². The molecular weight excluding hydrogens is 406 g/mol. The molecule has 2 saturated heterocycles. The van der Waals surface area contributed by atoms with Crippen LogP contribution in [0.15, 0.2) is 4.99 Å². The lowest BCUT2D eigenvalue weighted by Crippen LogP contribution is -2.52. The van der Waals surface area contributed by atoms with E-state index < -0.39 is 0 Å². The fourth-order valence-electron chi connectivity index (χ4n) is 5.11. The van der Waals surface area contributed by atoms with Gasteiger partial charge in [-0.05, 0) is 45.6 Å². The Morgan fingerprint density at radius 2 is 1.97 bits per heavy atom. The minimum absolute atomic E-state index is 0.0797. The van der Waals surface area contributed by atoms with E-state index in [1.165, 1.54) is 32.1 Å². The van der Waals surface area contributed by atoms with Gasteiger partial charge >= 0.3 is 0 Å². The number of rotatable bonds is 7. The molecule has 1 atom stereocenters. The first-order chi connectivity index (χ1) is 15.6. The Morgan fingerprint density at radius 3 is 2.72 bits per heavy atom. The van der Waals surface area contributed by atoms with Gasteiger partial charge in [0.2, 0.25) is 0 Å². The number of aliphatic imine (C=N–C) groups is 1. The molecule has 1 saturated carbocycles. The molecule has 2 aliphatic heterocycles. The molecule has 0 radical (unpaired) electrons. The zero-order valence-corrected chi connectivity index (χ0v) is 19.9. The van der Waals surface area contributed by atoms with Crippen LogP contribution in [0.5, 0.6) is 0 Å². The van der Waals surface area contributed by atoms with Gasteiger partial charge in [0.05, 0.1) is 18.8 Å². The summed E-state index contributed by atoms with van der Waals surface area (Å²) in [6.45, 7) is 9.09. The van der Waals surface area contributed by atoms with E-state index in [4.69, 9.17) is 14.5 Å². The first-order valence-electron chi connectivity index (χ1n) is 12.5. The number of aromatic nitrogens is 3. The molecule has 3 heterocycles. The number of ether oxygens (including phenoxy) is 2. The molecule has 1 unspecified atom stereocenters. The Hall–Kier alpha value is -1.71.